The molecule has 0 bridgehead atoms. The SMILES string of the molecule is Cn1cnc(CCNc2cc(Br)ccc2C#N)n1. The fraction of sp³-hybridized carbons (Fsp3) is 0.250. The Morgan fingerprint density at radius 3 is 3.00 bits per heavy atom. The van der Waals surface area contributed by atoms with Crippen LogP contribution in [0.15, 0.2) is 29.0 Å². The maximum absolute atomic E-state index is 9.00. The van der Waals surface area contributed by atoms with Gasteiger partial charge < -0.3 is 5.32 Å². The first-order valence-corrected chi connectivity index (χ1v) is 6.26. The van der Waals surface area contributed by atoms with Gasteiger partial charge in [0, 0.05) is 24.5 Å². The van der Waals surface area contributed by atoms with Crippen molar-refractivity contribution in [3.05, 3.63) is 40.4 Å². The first-order chi connectivity index (χ1) is 8.69. The summed E-state index contributed by atoms with van der Waals surface area (Å²) in [5.41, 5.74) is 1.45. The Balaban J connectivity index is 1.98. The minimum Gasteiger partial charge on any atom is -0.383 e. The van der Waals surface area contributed by atoms with Gasteiger partial charge in [-0.3, -0.25) is 4.68 Å². The molecule has 1 N–H and O–H groups in total. The lowest BCUT2D eigenvalue weighted by Gasteiger charge is -2.07. The van der Waals surface area contributed by atoms with Crippen LogP contribution in [0.3, 0.4) is 0 Å². The number of benzene rings is 1. The first-order valence-electron chi connectivity index (χ1n) is 5.47. The van der Waals surface area contributed by atoms with Crippen LogP contribution in [0.25, 0.3) is 0 Å². The molecule has 1 heterocycles. The Morgan fingerprint density at radius 1 is 1.50 bits per heavy atom. The number of nitrogens with zero attached hydrogens (tertiary/aromatic N) is 4. The van der Waals surface area contributed by atoms with E-state index in [-0.39, 0.29) is 0 Å². The van der Waals surface area contributed by atoms with Crippen molar-refractivity contribution in [1.29, 1.82) is 5.26 Å². The van der Waals surface area contributed by atoms with Crippen molar-refractivity contribution in [3.63, 3.8) is 0 Å². The number of nitrogens with one attached hydrogen (secondary N) is 1. The highest BCUT2D eigenvalue weighted by atomic mass is 79.9. The third kappa shape index (κ3) is 3.08. The molecule has 0 saturated carbocycles. The van der Waals surface area contributed by atoms with Gasteiger partial charge in [0.25, 0.3) is 0 Å². The van der Waals surface area contributed by atoms with Crippen LogP contribution in [0.1, 0.15) is 11.4 Å². The molecule has 0 amide bonds. The molecule has 6 heteroatoms. The molecule has 1 aromatic carbocycles. The summed E-state index contributed by atoms with van der Waals surface area (Å²) in [7, 11) is 1.84. The van der Waals surface area contributed by atoms with E-state index in [1.165, 1.54) is 0 Å². The second kappa shape index (κ2) is 5.65. The lowest BCUT2D eigenvalue weighted by Crippen LogP contribution is -2.07. The van der Waals surface area contributed by atoms with E-state index in [0.717, 1.165) is 22.4 Å². The fourth-order valence-electron chi connectivity index (χ4n) is 1.57. The van der Waals surface area contributed by atoms with Crippen molar-refractivity contribution >= 4 is 21.6 Å². The largest absolute Gasteiger partial charge is 0.383 e. The van der Waals surface area contributed by atoms with Crippen molar-refractivity contribution in [2.24, 2.45) is 7.05 Å². The number of rotatable bonds is 4. The molecule has 18 heavy (non-hydrogen) atoms. The van der Waals surface area contributed by atoms with Gasteiger partial charge in [0.05, 0.1) is 11.3 Å². The Labute approximate surface area is 114 Å². The van der Waals surface area contributed by atoms with Crippen LogP contribution in [0.5, 0.6) is 0 Å². The number of anilines is 1. The zero-order chi connectivity index (χ0) is 13.0. The van der Waals surface area contributed by atoms with Crippen LogP contribution in [0.4, 0.5) is 5.69 Å². The van der Waals surface area contributed by atoms with E-state index < -0.39 is 0 Å². The lowest BCUT2D eigenvalue weighted by atomic mass is 10.2. The molecule has 2 aromatic rings. The van der Waals surface area contributed by atoms with Crippen LogP contribution in [-0.4, -0.2) is 21.3 Å². The molecule has 0 aliphatic rings. The Hall–Kier alpha value is -1.87. The third-order valence-electron chi connectivity index (χ3n) is 2.41. The summed E-state index contributed by atoms with van der Waals surface area (Å²) < 4.78 is 2.62. The fourth-order valence-corrected chi connectivity index (χ4v) is 1.93. The van der Waals surface area contributed by atoms with E-state index in [0.29, 0.717) is 12.1 Å². The van der Waals surface area contributed by atoms with Gasteiger partial charge >= 0.3 is 0 Å². The summed E-state index contributed by atoms with van der Waals surface area (Å²) in [6.07, 6.45) is 2.40. The molecule has 0 spiro atoms. The quantitative estimate of drug-likeness (QED) is 0.939. The molecule has 0 radical (unpaired) electrons. The monoisotopic (exact) mass is 305 g/mol. The van der Waals surface area contributed by atoms with E-state index >= 15 is 0 Å². The zero-order valence-corrected chi connectivity index (χ0v) is 11.5. The number of hydrogen-bond donors (Lipinski definition) is 1. The number of hydrogen-bond acceptors (Lipinski definition) is 4. The minimum atomic E-state index is 0.632. The maximum atomic E-state index is 9.00. The van der Waals surface area contributed by atoms with Gasteiger partial charge in [-0.05, 0) is 18.2 Å². The molecule has 2 rings (SSSR count). The Bertz CT molecular complexity index is 584. The lowest BCUT2D eigenvalue weighted by molar-refractivity contribution is 0.742. The van der Waals surface area contributed by atoms with E-state index in [4.69, 9.17) is 5.26 Å². The number of halogens is 1. The van der Waals surface area contributed by atoms with Gasteiger partial charge in [0.2, 0.25) is 0 Å². The summed E-state index contributed by atoms with van der Waals surface area (Å²) >= 11 is 3.39. The maximum Gasteiger partial charge on any atom is 0.152 e. The van der Waals surface area contributed by atoms with Crippen molar-refractivity contribution < 1.29 is 0 Å². The zero-order valence-electron chi connectivity index (χ0n) is 9.89. The minimum absolute atomic E-state index is 0.632. The third-order valence-corrected chi connectivity index (χ3v) is 2.91. The smallest absolute Gasteiger partial charge is 0.152 e. The number of aromatic nitrogens is 3. The predicted molar refractivity (Wildman–Crippen MR) is 72.1 cm³/mol. The van der Waals surface area contributed by atoms with Crippen molar-refractivity contribution in [2.45, 2.75) is 6.42 Å². The number of nitriles is 1. The predicted octanol–water partition coefficient (Wildman–Crippen LogP) is 2.10. The summed E-state index contributed by atoms with van der Waals surface area (Å²) in [5, 5.41) is 16.4. The number of aryl methyl sites for hydroxylation is 1. The highest BCUT2D eigenvalue weighted by Gasteiger charge is 2.03. The summed E-state index contributed by atoms with van der Waals surface area (Å²) in [6.45, 7) is 0.690. The molecule has 0 atom stereocenters. The van der Waals surface area contributed by atoms with Crippen LogP contribution in [-0.2, 0) is 13.5 Å². The molecule has 0 aliphatic carbocycles. The van der Waals surface area contributed by atoms with Gasteiger partial charge in [0.1, 0.15) is 12.4 Å². The van der Waals surface area contributed by atoms with Gasteiger partial charge in [-0.25, -0.2) is 4.98 Å². The van der Waals surface area contributed by atoms with Gasteiger partial charge in [-0.2, -0.15) is 10.4 Å². The van der Waals surface area contributed by atoms with Crippen molar-refractivity contribution in [1.82, 2.24) is 14.8 Å². The molecule has 0 saturated heterocycles. The highest BCUT2D eigenvalue weighted by molar-refractivity contribution is 9.10. The van der Waals surface area contributed by atoms with Crippen LogP contribution in [0.2, 0.25) is 0 Å². The molecule has 5 nitrogen and oxygen atoms in total. The van der Waals surface area contributed by atoms with Crippen molar-refractivity contribution in [3.8, 4) is 6.07 Å². The summed E-state index contributed by atoms with van der Waals surface area (Å²) in [5.74, 6) is 0.790. The van der Waals surface area contributed by atoms with E-state index in [2.05, 4.69) is 37.4 Å². The molecule has 0 unspecified atom stereocenters. The average molecular weight is 306 g/mol. The van der Waals surface area contributed by atoms with Crippen molar-refractivity contribution in [2.75, 3.05) is 11.9 Å². The van der Waals surface area contributed by atoms with Crippen LogP contribution in [0, 0.1) is 11.3 Å². The van der Waals surface area contributed by atoms with E-state index in [9.17, 15) is 0 Å². The van der Waals surface area contributed by atoms with Gasteiger partial charge in [0.15, 0.2) is 5.82 Å². The topological polar surface area (TPSA) is 66.5 Å². The standard InChI is InChI=1S/C12H12BrN5/c1-18-8-16-12(17-18)4-5-15-11-6-10(13)3-2-9(11)7-14/h2-3,6,8,15H,4-5H2,1H3. The van der Waals surface area contributed by atoms with E-state index in [1.54, 1.807) is 17.1 Å². The van der Waals surface area contributed by atoms with Gasteiger partial charge in [-0.1, -0.05) is 15.9 Å². The normalized spacial score (nSPS) is 10.1. The Kier molecular flexibility index (Phi) is 3.95. The van der Waals surface area contributed by atoms with Crippen LogP contribution < -0.4 is 5.32 Å². The molecular formula is C12H12BrN5. The van der Waals surface area contributed by atoms with Crippen LogP contribution >= 0.6 is 15.9 Å². The molecular weight excluding hydrogens is 294 g/mol. The first kappa shape index (κ1) is 12.6. The molecule has 0 fully saturated rings. The van der Waals surface area contributed by atoms with Gasteiger partial charge in [-0.15, -0.1) is 0 Å². The molecule has 0 aliphatic heterocycles. The molecule has 92 valence electrons. The second-order valence-corrected chi connectivity index (χ2v) is 4.73. The highest BCUT2D eigenvalue weighted by Crippen LogP contribution is 2.20. The second-order valence-electron chi connectivity index (χ2n) is 3.81. The van der Waals surface area contributed by atoms with E-state index in [1.807, 2.05) is 19.2 Å². The Morgan fingerprint density at radius 2 is 2.33 bits per heavy atom. The molecule has 1 aromatic heterocycles. The summed E-state index contributed by atoms with van der Waals surface area (Å²) in [4.78, 5) is 4.14. The summed E-state index contributed by atoms with van der Waals surface area (Å²) in [6, 6.07) is 7.68. The average Bonchev–Trinajstić information content (AvgIpc) is 2.75.